The maximum Gasteiger partial charge on any atom is 0.213 e. The van der Waals surface area contributed by atoms with Crippen LogP contribution in [0.2, 0.25) is 0 Å². The van der Waals surface area contributed by atoms with Gasteiger partial charge in [-0.1, -0.05) is 13.0 Å². The van der Waals surface area contributed by atoms with E-state index in [1.807, 2.05) is 36.3 Å². The number of anilines is 1. The smallest absolute Gasteiger partial charge is 0.213 e. The minimum Gasteiger partial charge on any atom is -0.478 e. The van der Waals surface area contributed by atoms with Crippen molar-refractivity contribution < 1.29 is 4.74 Å². The summed E-state index contributed by atoms with van der Waals surface area (Å²) in [5.41, 5.74) is 2.26. The Labute approximate surface area is 190 Å². The third-order valence-electron chi connectivity index (χ3n) is 4.75. The highest BCUT2D eigenvalue weighted by atomic mass is 127. The first kappa shape index (κ1) is 23.2. The van der Waals surface area contributed by atoms with Crippen LogP contribution in [-0.4, -0.2) is 53.5 Å². The van der Waals surface area contributed by atoms with Crippen molar-refractivity contribution in [3.8, 4) is 5.88 Å². The van der Waals surface area contributed by atoms with Gasteiger partial charge < -0.3 is 20.3 Å². The second-order valence-electron chi connectivity index (χ2n) is 7.08. The van der Waals surface area contributed by atoms with Crippen molar-refractivity contribution in [1.82, 2.24) is 25.4 Å². The van der Waals surface area contributed by atoms with Crippen LogP contribution in [0, 0.1) is 0 Å². The fraction of sp³-hybridized carbons (Fsp3) is 0.550. The zero-order valence-corrected chi connectivity index (χ0v) is 19.8. The van der Waals surface area contributed by atoms with Gasteiger partial charge in [0.2, 0.25) is 5.88 Å². The van der Waals surface area contributed by atoms with Crippen LogP contribution in [0.5, 0.6) is 5.88 Å². The number of nitrogens with zero attached hydrogens (tertiary/aromatic N) is 5. The van der Waals surface area contributed by atoms with Crippen LogP contribution < -0.4 is 20.3 Å². The van der Waals surface area contributed by atoms with Gasteiger partial charge >= 0.3 is 0 Å². The number of hydrogen-bond donors (Lipinski definition) is 2. The molecule has 1 fully saturated rings. The summed E-state index contributed by atoms with van der Waals surface area (Å²) in [6, 6.07) is 4.29. The molecular weight excluding hydrogens is 481 g/mol. The molecule has 160 valence electrons. The fourth-order valence-corrected chi connectivity index (χ4v) is 3.28. The van der Waals surface area contributed by atoms with Gasteiger partial charge in [-0.05, 0) is 24.8 Å². The molecule has 2 N–H and O–H groups in total. The number of rotatable bonds is 7. The maximum absolute atomic E-state index is 5.53. The Morgan fingerprint density at radius 1 is 1.34 bits per heavy atom. The molecule has 3 rings (SSSR count). The molecule has 1 atom stereocenters. The monoisotopic (exact) mass is 513 g/mol. The Balaban J connectivity index is 0.00000300. The first-order chi connectivity index (χ1) is 13.7. The van der Waals surface area contributed by atoms with Gasteiger partial charge in [-0.15, -0.1) is 24.0 Å². The highest BCUT2D eigenvalue weighted by Gasteiger charge is 2.21. The predicted molar refractivity (Wildman–Crippen MR) is 127 cm³/mol. The summed E-state index contributed by atoms with van der Waals surface area (Å²) in [6.07, 6.45) is 9.09. The van der Waals surface area contributed by atoms with Crippen molar-refractivity contribution in [3.63, 3.8) is 0 Å². The molecular formula is C20H32IN7O. The molecule has 1 unspecified atom stereocenters. The van der Waals surface area contributed by atoms with E-state index >= 15 is 0 Å². The van der Waals surface area contributed by atoms with Crippen molar-refractivity contribution in [1.29, 1.82) is 0 Å². The van der Waals surface area contributed by atoms with Crippen LogP contribution in [0.25, 0.3) is 0 Å². The maximum atomic E-state index is 5.53. The molecule has 0 amide bonds. The zero-order chi connectivity index (χ0) is 19.8. The van der Waals surface area contributed by atoms with Crippen molar-refractivity contribution in [2.45, 2.75) is 38.8 Å². The van der Waals surface area contributed by atoms with Gasteiger partial charge in [0, 0.05) is 58.2 Å². The number of nitrogens with one attached hydrogen (secondary N) is 2. The molecule has 0 spiro atoms. The van der Waals surface area contributed by atoms with Crippen LogP contribution in [-0.2, 0) is 13.6 Å². The lowest BCUT2D eigenvalue weighted by atomic mass is 10.1. The Morgan fingerprint density at radius 2 is 2.21 bits per heavy atom. The van der Waals surface area contributed by atoms with E-state index in [2.05, 4.69) is 43.7 Å². The molecule has 0 saturated carbocycles. The first-order valence-corrected chi connectivity index (χ1v) is 9.96. The normalized spacial score (nSPS) is 16.9. The summed E-state index contributed by atoms with van der Waals surface area (Å²) in [5, 5.41) is 11.2. The number of aromatic nitrogens is 3. The number of aryl methyl sites for hydroxylation is 1. The predicted octanol–water partition coefficient (Wildman–Crippen LogP) is 2.56. The average Bonchev–Trinajstić information content (AvgIpc) is 3.17. The van der Waals surface area contributed by atoms with E-state index < -0.39 is 0 Å². The van der Waals surface area contributed by atoms with E-state index in [9.17, 15) is 0 Å². The summed E-state index contributed by atoms with van der Waals surface area (Å²) in [5.74, 6) is 1.48. The highest BCUT2D eigenvalue weighted by molar-refractivity contribution is 14.0. The molecule has 29 heavy (non-hydrogen) atoms. The second-order valence-corrected chi connectivity index (χ2v) is 7.08. The van der Waals surface area contributed by atoms with Gasteiger partial charge in [-0.3, -0.25) is 9.67 Å². The van der Waals surface area contributed by atoms with E-state index in [1.54, 1.807) is 7.05 Å². The molecule has 1 aliphatic heterocycles. The van der Waals surface area contributed by atoms with Gasteiger partial charge in [0.15, 0.2) is 5.96 Å². The topological polar surface area (TPSA) is 79.6 Å². The number of pyridine rings is 1. The Hall–Kier alpha value is -2.04. The molecule has 0 bridgehead atoms. The zero-order valence-electron chi connectivity index (χ0n) is 17.5. The summed E-state index contributed by atoms with van der Waals surface area (Å²) < 4.78 is 7.37. The molecule has 9 heteroatoms. The SMILES string of the molecule is CCCOc1ccc(CNC(=NC)NC2CCCN(c3cnn(C)c3)C2)cn1.I. The lowest BCUT2D eigenvalue weighted by Gasteiger charge is -2.34. The molecule has 3 heterocycles. The minimum absolute atomic E-state index is 0. The van der Waals surface area contributed by atoms with Crippen molar-refractivity contribution in [3.05, 3.63) is 36.3 Å². The molecule has 8 nitrogen and oxygen atoms in total. The molecule has 0 aromatic carbocycles. The number of piperidine rings is 1. The van der Waals surface area contributed by atoms with Crippen LogP contribution in [0.3, 0.4) is 0 Å². The largest absolute Gasteiger partial charge is 0.478 e. The van der Waals surface area contributed by atoms with Crippen molar-refractivity contribution >= 4 is 35.6 Å². The van der Waals surface area contributed by atoms with Gasteiger partial charge in [0.1, 0.15) is 0 Å². The van der Waals surface area contributed by atoms with E-state index in [-0.39, 0.29) is 24.0 Å². The molecule has 1 saturated heterocycles. The van der Waals surface area contributed by atoms with Crippen LogP contribution in [0.4, 0.5) is 5.69 Å². The fourth-order valence-electron chi connectivity index (χ4n) is 3.28. The highest BCUT2D eigenvalue weighted by Crippen LogP contribution is 2.19. The number of halogens is 1. The van der Waals surface area contributed by atoms with Gasteiger partial charge in [-0.2, -0.15) is 5.10 Å². The second kappa shape index (κ2) is 11.8. The summed E-state index contributed by atoms with van der Waals surface area (Å²) in [4.78, 5) is 11.1. The number of aliphatic imine (C=N–C) groups is 1. The quantitative estimate of drug-likeness (QED) is 0.337. The Morgan fingerprint density at radius 3 is 2.86 bits per heavy atom. The average molecular weight is 513 g/mol. The lowest BCUT2D eigenvalue weighted by molar-refractivity contribution is 0.305. The van der Waals surface area contributed by atoms with Crippen molar-refractivity contribution in [2.24, 2.45) is 12.0 Å². The van der Waals surface area contributed by atoms with Gasteiger partial charge in [0.25, 0.3) is 0 Å². The van der Waals surface area contributed by atoms with E-state index in [0.717, 1.165) is 43.9 Å². The Bertz CT molecular complexity index is 762. The first-order valence-electron chi connectivity index (χ1n) is 9.96. The van der Waals surface area contributed by atoms with Gasteiger partial charge in [-0.25, -0.2) is 4.98 Å². The Kier molecular flexibility index (Phi) is 9.49. The summed E-state index contributed by atoms with van der Waals surface area (Å²) in [6.45, 7) is 5.45. The minimum atomic E-state index is 0. The van der Waals surface area contributed by atoms with Crippen LogP contribution >= 0.6 is 24.0 Å². The van der Waals surface area contributed by atoms with Crippen LogP contribution in [0.1, 0.15) is 31.7 Å². The molecule has 0 aliphatic carbocycles. The molecule has 1 aliphatic rings. The lowest BCUT2D eigenvalue weighted by Crippen LogP contribution is -2.51. The molecule has 2 aromatic rings. The molecule has 2 aromatic heterocycles. The van der Waals surface area contributed by atoms with Crippen molar-refractivity contribution in [2.75, 3.05) is 31.6 Å². The van der Waals surface area contributed by atoms with E-state index in [1.165, 1.54) is 5.69 Å². The number of hydrogen-bond acceptors (Lipinski definition) is 5. The number of guanidine groups is 1. The third-order valence-corrected chi connectivity index (χ3v) is 4.75. The standard InChI is InChI=1S/C20H31N7O.HI/c1-4-10-28-19-8-7-16(11-22-19)12-23-20(21-2)25-17-6-5-9-27(14-17)18-13-24-26(3)15-18;/h7-8,11,13,15,17H,4-6,9-10,12,14H2,1-3H3,(H2,21,23,25);1H. The molecule has 0 radical (unpaired) electrons. The number of ether oxygens (including phenoxy) is 1. The summed E-state index contributed by atoms with van der Waals surface area (Å²) >= 11 is 0. The third kappa shape index (κ3) is 7.06. The van der Waals surface area contributed by atoms with Crippen LogP contribution in [0.15, 0.2) is 35.7 Å². The van der Waals surface area contributed by atoms with Gasteiger partial charge in [0.05, 0.1) is 18.5 Å². The summed E-state index contributed by atoms with van der Waals surface area (Å²) in [7, 11) is 3.75. The van der Waals surface area contributed by atoms with E-state index in [0.29, 0.717) is 25.1 Å². The van der Waals surface area contributed by atoms with E-state index in [4.69, 9.17) is 4.74 Å².